The number of nitrogens with zero attached hydrogens (tertiary/aromatic N) is 1. The molecule has 0 aliphatic heterocycles. The Bertz CT molecular complexity index is 1820. The van der Waals surface area contributed by atoms with Crippen molar-refractivity contribution in [2.45, 2.75) is 0 Å². The average molecular weight is 812 g/mol. The topological polar surface area (TPSA) is 83.5 Å². The van der Waals surface area contributed by atoms with Gasteiger partial charge in [0.05, 0.1) is 21.3 Å². The summed E-state index contributed by atoms with van der Waals surface area (Å²) in [6.07, 6.45) is 1.39. The van der Waals surface area contributed by atoms with E-state index in [1.54, 1.807) is 42.5 Å². The minimum Gasteiger partial charge on any atom is -0.421 e. The summed E-state index contributed by atoms with van der Waals surface area (Å²) < 4.78 is 7.89. The quantitative estimate of drug-likeness (QED) is 0.0590. The van der Waals surface area contributed by atoms with E-state index in [4.69, 9.17) is 27.9 Å². The first-order valence-corrected chi connectivity index (χ1v) is 15.0. The molecule has 6 nitrogen and oxygen atoms in total. The molecule has 40 heavy (non-hydrogen) atoms. The minimum absolute atomic E-state index is 0.211. The predicted molar refractivity (Wildman–Crippen MR) is 175 cm³/mol. The number of aromatic nitrogens is 1. The third kappa shape index (κ3) is 6.13. The van der Waals surface area contributed by atoms with Gasteiger partial charge in [0.2, 0.25) is 0 Å². The van der Waals surface area contributed by atoms with Crippen molar-refractivity contribution in [1.29, 1.82) is 0 Å². The molecule has 1 amide bonds. The Kier molecular flexibility index (Phi) is 8.96. The van der Waals surface area contributed by atoms with E-state index in [0.717, 1.165) is 20.0 Å². The normalized spacial score (nSPS) is 11.2. The van der Waals surface area contributed by atoms with Crippen LogP contribution < -0.4 is 10.2 Å². The number of nitrogens with one attached hydrogen (secondary N) is 2. The molecule has 5 rings (SSSR count). The number of rotatable bonds is 6. The molecule has 0 spiro atoms. The lowest BCUT2D eigenvalue weighted by Gasteiger charge is -2.11. The highest BCUT2D eigenvalue weighted by molar-refractivity contribution is 14.1. The zero-order chi connectivity index (χ0) is 28.4. The SMILES string of the molecule is O=C(Oc1c(Br)cc(Br)cc1C=NNC(=O)c1[nH]c2ccc(I)cc2c1-c1ccccc1Cl)c1ccccc1Cl. The first kappa shape index (κ1) is 28.8. The minimum atomic E-state index is -0.635. The van der Waals surface area contributed by atoms with Gasteiger partial charge in [-0.25, -0.2) is 10.2 Å². The molecule has 4 aromatic carbocycles. The molecule has 0 aliphatic rings. The fraction of sp³-hybridized carbons (Fsp3) is 0. The number of H-pyrrole nitrogens is 1. The average Bonchev–Trinajstić information content (AvgIpc) is 3.29. The maximum atomic E-state index is 13.4. The molecule has 1 heterocycles. The lowest BCUT2D eigenvalue weighted by molar-refractivity contribution is 0.0733. The largest absolute Gasteiger partial charge is 0.421 e. The molecular formula is C29H16Br2Cl2IN3O3. The van der Waals surface area contributed by atoms with Crippen LogP contribution in [0, 0.1) is 3.57 Å². The second-order valence-electron chi connectivity index (χ2n) is 8.42. The summed E-state index contributed by atoms with van der Waals surface area (Å²) in [5.41, 5.74) is 5.71. The zero-order valence-corrected chi connectivity index (χ0v) is 27.0. The summed E-state index contributed by atoms with van der Waals surface area (Å²) in [6.45, 7) is 0. The van der Waals surface area contributed by atoms with Crippen molar-refractivity contribution < 1.29 is 14.3 Å². The van der Waals surface area contributed by atoms with Gasteiger partial charge in [0.1, 0.15) is 5.69 Å². The van der Waals surface area contributed by atoms with Crippen LogP contribution in [0.15, 0.2) is 92.9 Å². The summed E-state index contributed by atoms with van der Waals surface area (Å²) in [7, 11) is 0. The van der Waals surface area contributed by atoms with Crippen molar-refractivity contribution in [3.05, 3.63) is 118 Å². The van der Waals surface area contributed by atoms with Gasteiger partial charge in [-0.15, -0.1) is 0 Å². The van der Waals surface area contributed by atoms with Gasteiger partial charge in [0, 0.05) is 40.7 Å². The van der Waals surface area contributed by atoms with Crippen LogP contribution in [-0.4, -0.2) is 23.1 Å². The molecule has 200 valence electrons. The fourth-order valence-corrected chi connectivity index (χ4v) is 6.33. The second-order valence-corrected chi connectivity index (χ2v) is 12.2. The van der Waals surface area contributed by atoms with Gasteiger partial charge in [-0.05, 0) is 87.1 Å². The molecule has 11 heteroatoms. The molecule has 0 aliphatic carbocycles. The summed E-state index contributed by atoms with van der Waals surface area (Å²) >= 11 is 21.8. The summed E-state index contributed by atoms with van der Waals surface area (Å²) in [6, 6.07) is 23.2. The smallest absolute Gasteiger partial charge is 0.345 e. The van der Waals surface area contributed by atoms with E-state index in [2.05, 4.69) is 70.0 Å². The van der Waals surface area contributed by atoms with Gasteiger partial charge in [0.25, 0.3) is 5.91 Å². The van der Waals surface area contributed by atoms with Crippen LogP contribution in [0.3, 0.4) is 0 Å². The Morgan fingerprint density at radius 1 is 0.950 bits per heavy atom. The highest BCUT2D eigenvalue weighted by Gasteiger charge is 2.21. The number of aromatic amines is 1. The van der Waals surface area contributed by atoms with Crippen molar-refractivity contribution in [3.63, 3.8) is 0 Å². The molecule has 0 fully saturated rings. The molecule has 0 atom stereocenters. The summed E-state index contributed by atoms with van der Waals surface area (Å²) in [4.78, 5) is 29.4. The molecule has 0 saturated carbocycles. The third-order valence-electron chi connectivity index (χ3n) is 5.83. The van der Waals surface area contributed by atoms with Crippen LogP contribution in [-0.2, 0) is 0 Å². The Balaban J connectivity index is 1.46. The van der Waals surface area contributed by atoms with Gasteiger partial charge in [-0.1, -0.05) is 69.5 Å². The fourth-order valence-electron chi connectivity index (χ4n) is 4.05. The first-order chi connectivity index (χ1) is 19.2. The number of hydrazone groups is 1. The lowest BCUT2D eigenvalue weighted by Crippen LogP contribution is -2.19. The predicted octanol–water partition coefficient (Wildman–Crippen LogP) is 9.25. The van der Waals surface area contributed by atoms with Crippen LogP contribution in [0.2, 0.25) is 10.0 Å². The number of benzene rings is 4. The summed E-state index contributed by atoms with van der Waals surface area (Å²) in [5, 5.41) is 5.81. The molecule has 0 radical (unpaired) electrons. The number of ether oxygens (including phenoxy) is 1. The van der Waals surface area contributed by atoms with Crippen LogP contribution >= 0.6 is 77.7 Å². The summed E-state index contributed by atoms with van der Waals surface area (Å²) in [5.74, 6) is -0.895. The van der Waals surface area contributed by atoms with Crippen molar-refractivity contribution in [2.75, 3.05) is 0 Å². The Labute approximate surface area is 269 Å². The van der Waals surface area contributed by atoms with E-state index in [1.165, 1.54) is 6.21 Å². The highest BCUT2D eigenvalue weighted by atomic mass is 127. The van der Waals surface area contributed by atoms with Gasteiger partial charge < -0.3 is 9.72 Å². The zero-order valence-electron chi connectivity index (χ0n) is 20.1. The van der Waals surface area contributed by atoms with Crippen LogP contribution in [0.25, 0.3) is 22.0 Å². The first-order valence-electron chi connectivity index (χ1n) is 11.6. The number of carbonyl (C=O) groups is 2. The molecular weight excluding hydrogens is 796 g/mol. The molecule has 2 N–H and O–H groups in total. The van der Waals surface area contributed by atoms with Gasteiger partial charge >= 0.3 is 5.97 Å². The van der Waals surface area contributed by atoms with Crippen LogP contribution in [0.1, 0.15) is 26.4 Å². The van der Waals surface area contributed by atoms with Crippen LogP contribution in [0.5, 0.6) is 5.75 Å². The van der Waals surface area contributed by atoms with Crippen molar-refractivity contribution in [2.24, 2.45) is 5.10 Å². The van der Waals surface area contributed by atoms with Crippen LogP contribution in [0.4, 0.5) is 0 Å². The van der Waals surface area contributed by atoms with E-state index in [1.807, 2.05) is 36.4 Å². The van der Waals surface area contributed by atoms with Crippen molar-refractivity contribution >= 4 is 107 Å². The molecule has 1 aromatic heterocycles. The Hall–Kier alpha value is -2.70. The maximum absolute atomic E-state index is 13.4. The number of hydrogen-bond acceptors (Lipinski definition) is 4. The van der Waals surface area contributed by atoms with Gasteiger partial charge in [-0.2, -0.15) is 5.10 Å². The number of esters is 1. The molecule has 0 bridgehead atoms. The molecule has 0 unspecified atom stereocenters. The second kappa shape index (κ2) is 12.4. The van der Waals surface area contributed by atoms with Crippen molar-refractivity contribution in [3.8, 4) is 16.9 Å². The van der Waals surface area contributed by atoms with E-state index >= 15 is 0 Å². The molecule has 5 aromatic rings. The number of fused-ring (bicyclic) bond motifs is 1. The third-order valence-corrected chi connectivity index (χ3v) is 8.20. The van der Waals surface area contributed by atoms with Gasteiger partial charge in [0.15, 0.2) is 5.75 Å². The number of hydrogen-bond donors (Lipinski definition) is 2. The number of halogens is 5. The van der Waals surface area contributed by atoms with Gasteiger partial charge in [-0.3, -0.25) is 4.79 Å². The Morgan fingerprint density at radius 3 is 2.42 bits per heavy atom. The van der Waals surface area contributed by atoms with Crippen molar-refractivity contribution in [1.82, 2.24) is 10.4 Å². The molecule has 0 saturated heterocycles. The maximum Gasteiger partial charge on any atom is 0.345 e. The monoisotopic (exact) mass is 809 g/mol. The standard InChI is InChI=1S/C29H16Br2Cl2IN3O3/c30-16-11-15(27(21(31)12-16)40-29(39)19-6-2-4-8-23(19)33)14-35-37-28(38)26-25(18-5-1-3-7-22(18)32)20-13-17(34)9-10-24(20)36-26/h1-14,36H,(H,37,38). The lowest BCUT2D eigenvalue weighted by atomic mass is 10.0. The highest BCUT2D eigenvalue weighted by Crippen LogP contribution is 2.37. The van der Waals surface area contributed by atoms with E-state index in [-0.39, 0.29) is 16.3 Å². The Morgan fingerprint density at radius 2 is 1.68 bits per heavy atom. The van der Waals surface area contributed by atoms with E-state index in [0.29, 0.717) is 30.8 Å². The number of amides is 1. The number of carbonyl (C=O) groups excluding carboxylic acids is 2. The van der Waals surface area contributed by atoms with E-state index < -0.39 is 11.9 Å². The van der Waals surface area contributed by atoms with E-state index in [9.17, 15) is 9.59 Å².